The molecule has 0 heterocycles. The molecule has 152 valence electrons. The van der Waals surface area contributed by atoms with Crippen LogP contribution in [0.15, 0.2) is 52.8 Å². The van der Waals surface area contributed by atoms with Gasteiger partial charge >= 0.3 is 0 Å². The lowest BCUT2D eigenvalue weighted by Crippen LogP contribution is -2.44. The van der Waals surface area contributed by atoms with Crippen molar-refractivity contribution in [3.63, 3.8) is 0 Å². The average Bonchev–Trinajstić information content (AvgIpc) is 2.58. The quantitative estimate of drug-likeness (QED) is 0.234. The highest BCUT2D eigenvalue weighted by Crippen LogP contribution is 2.39. The molecule has 0 aliphatic heterocycles. The van der Waals surface area contributed by atoms with Gasteiger partial charge in [0.25, 0.3) is 0 Å². The van der Waals surface area contributed by atoms with E-state index in [1.165, 1.54) is 5.56 Å². The maximum Gasteiger partial charge on any atom is 0.192 e. The van der Waals surface area contributed by atoms with E-state index in [4.69, 9.17) is 4.43 Å². The van der Waals surface area contributed by atoms with Gasteiger partial charge in [0.2, 0.25) is 0 Å². The van der Waals surface area contributed by atoms with Crippen molar-refractivity contribution < 1.29 is 8.63 Å². The van der Waals surface area contributed by atoms with Gasteiger partial charge in [-0.1, -0.05) is 77.3 Å². The summed E-state index contributed by atoms with van der Waals surface area (Å²) in [4.78, 5) is 1.67. The Balaban J connectivity index is 3.23. The van der Waals surface area contributed by atoms with Gasteiger partial charge in [-0.15, -0.1) is 0 Å². The molecule has 0 bridgehead atoms. The predicted molar refractivity (Wildman–Crippen MR) is 122 cm³/mol. The third-order valence-corrected chi connectivity index (χ3v) is 11.4. The average molecular weight is 407 g/mol. The first-order valence-electron chi connectivity index (χ1n) is 10.0. The number of unbranched alkanes of at least 4 members (excludes halogenated alkanes) is 2. The summed E-state index contributed by atoms with van der Waals surface area (Å²) in [6.45, 7) is 19.4. The van der Waals surface area contributed by atoms with Crippen molar-refractivity contribution in [1.29, 1.82) is 0 Å². The molecule has 0 N–H and O–H groups in total. The van der Waals surface area contributed by atoms with Crippen LogP contribution in [0.25, 0.3) is 0 Å². The molecule has 0 aliphatic carbocycles. The molecule has 0 saturated heterocycles. The molecule has 27 heavy (non-hydrogen) atoms. The van der Waals surface area contributed by atoms with Crippen LogP contribution in [0.1, 0.15) is 58.9 Å². The fraction of sp³-hybridized carbons (Fsp3) is 0.565. The highest BCUT2D eigenvalue weighted by atomic mass is 32.2. The largest absolute Gasteiger partial charge is 0.409 e. The Kier molecular flexibility index (Phi) is 9.39. The normalized spacial score (nSPS) is 15.4. The van der Waals surface area contributed by atoms with Gasteiger partial charge in [-0.2, -0.15) is 0 Å². The second kappa shape index (κ2) is 10.5. The lowest BCUT2D eigenvalue weighted by atomic mass is 10.1. The molecule has 0 amide bonds. The summed E-state index contributed by atoms with van der Waals surface area (Å²) >= 11 is 0. The maximum atomic E-state index is 13.4. The van der Waals surface area contributed by atoms with Crippen molar-refractivity contribution in [3.8, 4) is 0 Å². The molecule has 4 heteroatoms. The minimum Gasteiger partial charge on any atom is -0.409 e. The van der Waals surface area contributed by atoms with Crippen molar-refractivity contribution in [1.82, 2.24) is 0 Å². The van der Waals surface area contributed by atoms with Gasteiger partial charge in [-0.05, 0) is 49.7 Å². The van der Waals surface area contributed by atoms with Crippen molar-refractivity contribution >= 4 is 19.1 Å². The molecule has 0 aliphatic rings. The Hall–Kier alpha value is -0.973. The van der Waals surface area contributed by atoms with E-state index in [2.05, 4.69) is 47.4 Å². The minimum atomic E-state index is -1.99. The fourth-order valence-corrected chi connectivity index (χ4v) is 5.25. The van der Waals surface area contributed by atoms with Gasteiger partial charge in [0, 0.05) is 9.80 Å². The van der Waals surface area contributed by atoms with E-state index in [1.807, 2.05) is 37.3 Å². The van der Waals surface area contributed by atoms with Gasteiger partial charge < -0.3 is 4.43 Å². The van der Waals surface area contributed by atoms with E-state index in [-0.39, 0.29) is 11.1 Å². The minimum absolute atomic E-state index is 0.112. The van der Waals surface area contributed by atoms with Gasteiger partial charge in [0.05, 0.1) is 16.9 Å². The number of allylic oxidation sites excluding steroid dienone is 2. The lowest BCUT2D eigenvalue weighted by Gasteiger charge is -2.40. The highest BCUT2D eigenvalue weighted by molar-refractivity contribution is 7.89. The van der Waals surface area contributed by atoms with E-state index >= 15 is 0 Å². The van der Waals surface area contributed by atoms with E-state index in [0.717, 1.165) is 35.5 Å². The topological polar surface area (TPSA) is 26.3 Å². The van der Waals surface area contributed by atoms with Crippen LogP contribution >= 0.6 is 0 Å². The molecule has 0 aromatic heterocycles. The summed E-state index contributed by atoms with van der Waals surface area (Å²) in [5.74, 6) is 0. The summed E-state index contributed by atoms with van der Waals surface area (Å²) in [6, 6.07) is 7.94. The lowest BCUT2D eigenvalue weighted by molar-refractivity contribution is 0.207. The maximum absolute atomic E-state index is 13.4. The molecular formula is C23H38O2SSi. The molecular weight excluding hydrogens is 368 g/mol. The SMILES string of the molecule is C=C/C=C(\[C@H](CCCCC)O[Si](C)(C)C(C)(C)C)S(=O)c1ccc(C)cc1. The molecule has 0 radical (unpaired) electrons. The zero-order chi connectivity index (χ0) is 20.7. The summed E-state index contributed by atoms with van der Waals surface area (Å²) in [5, 5.41) is 0.112. The summed E-state index contributed by atoms with van der Waals surface area (Å²) < 4.78 is 20.1. The molecule has 1 rings (SSSR count). The first-order chi connectivity index (χ1) is 12.5. The van der Waals surface area contributed by atoms with Crippen LogP contribution in [0.4, 0.5) is 0 Å². The number of benzene rings is 1. The molecule has 0 fully saturated rings. The molecule has 1 unspecified atom stereocenters. The van der Waals surface area contributed by atoms with Crippen LogP contribution in [0.3, 0.4) is 0 Å². The van der Waals surface area contributed by atoms with Crippen molar-refractivity contribution in [3.05, 3.63) is 53.5 Å². The van der Waals surface area contributed by atoms with Gasteiger partial charge in [-0.3, -0.25) is 0 Å². The van der Waals surface area contributed by atoms with Crippen LogP contribution in [-0.2, 0) is 15.2 Å². The highest BCUT2D eigenvalue weighted by Gasteiger charge is 2.40. The van der Waals surface area contributed by atoms with E-state index in [0.29, 0.717) is 0 Å². The fourth-order valence-electron chi connectivity index (χ4n) is 2.57. The van der Waals surface area contributed by atoms with Gasteiger partial charge in [-0.25, -0.2) is 4.21 Å². The summed E-state index contributed by atoms with van der Waals surface area (Å²) in [7, 11) is -3.22. The Labute approximate surface area is 170 Å². The Morgan fingerprint density at radius 2 is 1.81 bits per heavy atom. The van der Waals surface area contributed by atoms with Crippen LogP contribution in [0.5, 0.6) is 0 Å². The van der Waals surface area contributed by atoms with E-state index in [9.17, 15) is 4.21 Å². The van der Waals surface area contributed by atoms with Gasteiger partial charge in [0.1, 0.15) is 0 Å². The molecule has 0 saturated carbocycles. The van der Waals surface area contributed by atoms with Crippen LogP contribution in [0.2, 0.25) is 18.1 Å². The smallest absolute Gasteiger partial charge is 0.192 e. The summed E-state index contributed by atoms with van der Waals surface area (Å²) in [6.07, 6.45) is 7.82. The van der Waals surface area contributed by atoms with Crippen molar-refractivity contribution in [2.24, 2.45) is 0 Å². The Morgan fingerprint density at radius 3 is 2.30 bits per heavy atom. The third-order valence-electron chi connectivity index (χ3n) is 5.36. The number of hydrogen-bond acceptors (Lipinski definition) is 2. The first kappa shape index (κ1) is 24.1. The molecule has 0 spiro atoms. The second-order valence-corrected chi connectivity index (χ2v) is 15.0. The first-order valence-corrected chi connectivity index (χ1v) is 14.1. The standard InChI is InChI=1S/C23H38O2SSi/c1-9-11-12-14-21(25-27(7,8)23(4,5)6)22(13-10-2)26(24)20-17-15-19(3)16-18-20/h10,13,15-18,21H,2,9,11-12,14H2,1,3-8H3/b22-13+/t21-,26?/m0/s1. The number of rotatable bonds is 10. The van der Waals surface area contributed by atoms with Crippen molar-refractivity contribution in [2.45, 2.75) is 89.4 Å². The van der Waals surface area contributed by atoms with Crippen LogP contribution < -0.4 is 0 Å². The third kappa shape index (κ3) is 7.17. The van der Waals surface area contributed by atoms with E-state index < -0.39 is 19.1 Å². The molecule has 2 atom stereocenters. The second-order valence-electron chi connectivity index (χ2n) is 8.75. The Bertz CT molecular complexity index is 654. The van der Waals surface area contributed by atoms with E-state index in [1.54, 1.807) is 6.08 Å². The zero-order valence-electron chi connectivity index (χ0n) is 18.3. The number of hydrogen-bond donors (Lipinski definition) is 0. The molecule has 2 nitrogen and oxygen atoms in total. The van der Waals surface area contributed by atoms with Crippen LogP contribution in [0, 0.1) is 6.92 Å². The van der Waals surface area contributed by atoms with Gasteiger partial charge in [0.15, 0.2) is 8.32 Å². The zero-order valence-corrected chi connectivity index (χ0v) is 20.1. The Morgan fingerprint density at radius 1 is 1.22 bits per heavy atom. The van der Waals surface area contributed by atoms with Crippen molar-refractivity contribution in [2.75, 3.05) is 0 Å². The van der Waals surface area contributed by atoms with Crippen LogP contribution in [-0.4, -0.2) is 18.6 Å². The molecule has 1 aromatic carbocycles. The molecule has 1 aromatic rings. The number of aryl methyl sites for hydroxylation is 1. The predicted octanol–water partition coefficient (Wildman–Crippen LogP) is 7.14. The summed E-state index contributed by atoms with van der Waals surface area (Å²) in [5.41, 5.74) is 1.17. The monoisotopic (exact) mass is 406 g/mol.